The summed E-state index contributed by atoms with van der Waals surface area (Å²) in [7, 11) is 0. The minimum Gasteiger partial charge on any atom is -0.465 e. The molecule has 12 heteroatoms. The van der Waals surface area contributed by atoms with Gasteiger partial charge in [-0.3, -0.25) is 14.4 Å². The normalized spacial score (nSPS) is 12.8. The van der Waals surface area contributed by atoms with E-state index < -0.39 is 36.4 Å². The standard InChI is InChI=1S/C60H107NO11/c1-7-13-17-21-24-25-26-27-28-29-30-31-32-33-37-42-56(62)69-51-54(52-70-57(63)44-43-55(41-36-20-16-10-4)72-60(65)68-50-40-47-61(11-5)12-6)53-71-58(64)45-46-59(66-48-38-34-22-18-14-8-2)67-49-39-35-23-19-15-9-3/h14-15,18-19,24-25,27-28,54-55,59H,7-13,16-17,20-23,26,29-53H2,1-6H3/b18-14-,19-15-,25-24-,28-27-. The lowest BCUT2D eigenvalue weighted by Gasteiger charge is -2.20. The first-order valence-electron chi connectivity index (χ1n) is 29.1. The SMILES string of the molecule is CC/C=C\CCCCOC(CCC(=O)OCC(COC(=O)CCCCCCC/C=C\C/C=C\CCCCC)COC(=O)CCC(CCCCCC)OC(=O)OCCCN(CC)CC)OCCCC/C=C\CC. The number of ether oxygens (including phenoxy) is 7. The van der Waals surface area contributed by atoms with Crippen LogP contribution >= 0.6 is 0 Å². The minimum absolute atomic E-state index is 0.0269. The van der Waals surface area contributed by atoms with Crippen molar-refractivity contribution in [3.8, 4) is 0 Å². The molecule has 0 spiro atoms. The molecule has 12 nitrogen and oxygen atoms in total. The van der Waals surface area contributed by atoms with Gasteiger partial charge in [0.25, 0.3) is 0 Å². The van der Waals surface area contributed by atoms with Gasteiger partial charge in [-0.25, -0.2) is 4.79 Å². The van der Waals surface area contributed by atoms with Gasteiger partial charge in [0.15, 0.2) is 6.29 Å². The zero-order valence-electron chi connectivity index (χ0n) is 46.9. The second-order valence-corrected chi connectivity index (χ2v) is 19.0. The van der Waals surface area contributed by atoms with Crippen molar-refractivity contribution < 1.29 is 52.3 Å². The highest BCUT2D eigenvalue weighted by molar-refractivity contribution is 5.70. The average molecular weight is 1020 g/mol. The molecule has 0 fully saturated rings. The van der Waals surface area contributed by atoms with Crippen LogP contribution in [0.4, 0.5) is 4.79 Å². The minimum atomic E-state index is -0.720. The lowest BCUT2D eigenvalue weighted by Crippen LogP contribution is -2.27. The van der Waals surface area contributed by atoms with Crippen molar-refractivity contribution in [3.05, 3.63) is 48.6 Å². The fourth-order valence-electron chi connectivity index (χ4n) is 7.74. The Morgan fingerprint density at radius 2 is 0.903 bits per heavy atom. The van der Waals surface area contributed by atoms with Crippen LogP contribution < -0.4 is 0 Å². The van der Waals surface area contributed by atoms with Gasteiger partial charge in [0.2, 0.25) is 0 Å². The second kappa shape index (κ2) is 53.8. The average Bonchev–Trinajstić information content (AvgIpc) is 3.38. The van der Waals surface area contributed by atoms with Crippen LogP contribution in [0.15, 0.2) is 48.6 Å². The summed E-state index contributed by atoms with van der Waals surface area (Å²) in [5.41, 5.74) is 0. The molecule has 0 saturated heterocycles. The molecule has 0 rings (SSSR count). The number of rotatable bonds is 52. The summed E-state index contributed by atoms with van der Waals surface area (Å²) < 4.78 is 40.4. The van der Waals surface area contributed by atoms with Crippen LogP contribution in [0.2, 0.25) is 0 Å². The van der Waals surface area contributed by atoms with E-state index in [1.54, 1.807) is 0 Å². The summed E-state index contributed by atoms with van der Waals surface area (Å²) >= 11 is 0. The van der Waals surface area contributed by atoms with Gasteiger partial charge >= 0.3 is 24.1 Å². The molecule has 0 aromatic rings. The number of hydrogen-bond acceptors (Lipinski definition) is 12. The molecule has 0 radical (unpaired) electrons. The zero-order valence-corrected chi connectivity index (χ0v) is 46.9. The molecule has 418 valence electrons. The largest absolute Gasteiger partial charge is 0.508 e. The van der Waals surface area contributed by atoms with Crippen LogP contribution in [0.1, 0.15) is 234 Å². The molecule has 0 heterocycles. The summed E-state index contributed by atoms with van der Waals surface area (Å²) in [6.07, 6.45) is 42.4. The molecule has 0 saturated carbocycles. The first kappa shape index (κ1) is 68.5. The lowest BCUT2D eigenvalue weighted by atomic mass is 10.1. The van der Waals surface area contributed by atoms with Gasteiger partial charge in [0.05, 0.1) is 18.9 Å². The molecule has 0 amide bonds. The van der Waals surface area contributed by atoms with Crippen LogP contribution in [0.25, 0.3) is 0 Å². The Morgan fingerprint density at radius 3 is 1.46 bits per heavy atom. The van der Waals surface area contributed by atoms with E-state index in [1.807, 2.05) is 0 Å². The predicted molar refractivity (Wildman–Crippen MR) is 294 cm³/mol. The molecular weight excluding hydrogens is 911 g/mol. The van der Waals surface area contributed by atoms with E-state index in [9.17, 15) is 19.2 Å². The molecule has 0 aromatic carbocycles. The highest BCUT2D eigenvalue weighted by atomic mass is 16.7. The topological polar surface area (TPSA) is 136 Å². The first-order chi connectivity index (χ1) is 35.2. The summed E-state index contributed by atoms with van der Waals surface area (Å²) in [5, 5.41) is 0. The predicted octanol–water partition coefficient (Wildman–Crippen LogP) is 15.5. The third kappa shape index (κ3) is 47.5. The Hall–Kier alpha value is -3.48. The van der Waals surface area contributed by atoms with Gasteiger partial charge in [-0.2, -0.15) is 0 Å². The Labute approximate surface area is 440 Å². The van der Waals surface area contributed by atoms with Crippen LogP contribution in [0.5, 0.6) is 0 Å². The quantitative estimate of drug-likeness (QED) is 0.0189. The Morgan fingerprint density at radius 1 is 0.431 bits per heavy atom. The third-order valence-corrected chi connectivity index (χ3v) is 12.3. The number of allylic oxidation sites excluding steroid dienone is 8. The highest BCUT2D eigenvalue weighted by Crippen LogP contribution is 2.17. The molecule has 0 N–H and O–H groups in total. The van der Waals surface area contributed by atoms with E-state index in [4.69, 9.17) is 33.2 Å². The van der Waals surface area contributed by atoms with Gasteiger partial charge in [-0.05, 0) is 129 Å². The number of carbonyl (C=O) groups is 4. The van der Waals surface area contributed by atoms with E-state index in [0.29, 0.717) is 45.3 Å². The Bertz CT molecular complexity index is 1350. The number of unbranched alkanes of at least 4 members (excludes halogenated alkanes) is 15. The van der Waals surface area contributed by atoms with Gasteiger partial charge < -0.3 is 38.1 Å². The molecule has 0 aliphatic rings. The summed E-state index contributed by atoms with van der Waals surface area (Å²) in [4.78, 5) is 54.1. The fourth-order valence-corrected chi connectivity index (χ4v) is 7.74. The van der Waals surface area contributed by atoms with Crippen molar-refractivity contribution in [2.45, 2.75) is 247 Å². The van der Waals surface area contributed by atoms with Gasteiger partial charge in [-0.1, -0.05) is 142 Å². The molecule has 2 unspecified atom stereocenters. The van der Waals surface area contributed by atoms with Crippen molar-refractivity contribution in [1.29, 1.82) is 0 Å². The maximum absolute atomic E-state index is 13.2. The summed E-state index contributed by atoms with van der Waals surface area (Å²) in [5.74, 6) is -1.80. The van der Waals surface area contributed by atoms with E-state index in [1.165, 1.54) is 25.7 Å². The van der Waals surface area contributed by atoms with E-state index in [-0.39, 0.29) is 45.2 Å². The molecule has 0 aromatic heterocycles. The van der Waals surface area contributed by atoms with Gasteiger partial charge in [0.1, 0.15) is 25.9 Å². The van der Waals surface area contributed by atoms with Crippen LogP contribution in [0, 0.1) is 5.92 Å². The van der Waals surface area contributed by atoms with Crippen molar-refractivity contribution in [2.24, 2.45) is 5.92 Å². The third-order valence-electron chi connectivity index (χ3n) is 12.3. The van der Waals surface area contributed by atoms with Gasteiger partial charge in [0, 0.05) is 39.0 Å². The second-order valence-electron chi connectivity index (χ2n) is 19.0. The van der Waals surface area contributed by atoms with E-state index in [0.717, 1.165) is 142 Å². The molecule has 0 bridgehead atoms. The summed E-state index contributed by atoms with van der Waals surface area (Å²) in [6.45, 7) is 16.6. The van der Waals surface area contributed by atoms with E-state index >= 15 is 0 Å². The maximum atomic E-state index is 13.2. The fraction of sp³-hybridized carbons (Fsp3) is 0.800. The van der Waals surface area contributed by atoms with Crippen molar-refractivity contribution >= 4 is 24.1 Å². The molecule has 0 aliphatic carbocycles. The summed E-state index contributed by atoms with van der Waals surface area (Å²) in [6, 6.07) is 0. The monoisotopic (exact) mass is 1020 g/mol. The number of carbonyl (C=O) groups excluding carboxylic acids is 4. The molecule has 2 atom stereocenters. The Balaban J connectivity index is 5.37. The van der Waals surface area contributed by atoms with Crippen molar-refractivity contribution in [3.63, 3.8) is 0 Å². The van der Waals surface area contributed by atoms with Crippen LogP contribution in [-0.4, -0.2) is 101 Å². The van der Waals surface area contributed by atoms with Crippen LogP contribution in [0.3, 0.4) is 0 Å². The number of esters is 3. The number of hydrogen-bond donors (Lipinski definition) is 0. The van der Waals surface area contributed by atoms with Crippen LogP contribution in [-0.2, 0) is 47.5 Å². The number of nitrogens with zero attached hydrogens (tertiary/aromatic N) is 1. The first-order valence-corrected chi connectivity index (χ1v) is 29.1. The molecule has 0 aliphatic heterocycles. The maximum Gasteiger partial charge on any atom is 0.508 e. The smallest absolute Gasteiger partial charge is 0.465 e. The Kier molecular flexibility index (Phi) is 51.2. The molecular formula is C60H107NO11. The highest BCUT2D eigenvalue weighted by Gasteiger charge is 2.22. The van der Waals surface area contributed by atoms with Crippen molar-refractivity contribution in [2.75, 3.05) is 59.3 Å². The van der Waals surface area contributed by atoms with E-state index in [2.05, 4.69) is 95.1 Å². The lowest BCUT2D eigenvalue weighted by molar-refractivity contribution is -0.162. The molecule has 72 heavy (non-hydrogen) atoms. The zero-order chi connectivity index (χ0) is 52.8. The van der Waals surface area contributed by atoms with Gasteiger partial charge in [-0.15, -0.1) is 0 Å². The van der Waals surface area contributed by atoms with Crippen molar-refractivity contribution in [1.82, 2.24) is 4.90 Å².